The third-order valence-electron chi connectivity index (χ3n) is 0. The molecule has 0 aromatic rings. The number of halogens is 5. The average molecular weight is 100 g/mol. The SMILES string of the molecule is F.F.F.F.F. The molecule has 0 aromatic carbocycles. The lowest BCUT2D eigenvalue weighted by molar-refractivity contribution is 1.11. The molecule has 0 nitrogen and oxygen atoms in total. The van der Waals surface area contributed by atoms with Crippen molar-refractivity contribution in [2.24, 2.45) is 0 Å². The molecule has 40 valence electrons. The lowest BCUT2D eigenvalue weighted by atomic mass is 19.0. The van der Waals surface area contributed by atoms with Gasteiger partial charge in [0.15, 0.2) is 0 Å². The van der Waals surface area contributed by atoms with Crippen molar-refractivity contribution in [1.82, 2.24) is 0 Å². The van der Waals surface area contributed by atoms with Crippen LogP contribution in [-0.4, -0.2) is 0 Å². The molecule has 0 unspecified atom stereocenters. The zero-order chi connectivity index (χ0) is 0. The van der Waals surface area contributed by atoms with E-state index in [4.69, 9.17) is 0 Å². The van der Waals surface area contributed by atoms with Crippen LogP contribution in [0.1, 0.15) is 0 Å². The Morgan fingerprint density at radius 1 is 0.200 bits per heavy atom. The Bertz CT molecular complexity index is 0. The minimum atomic E-state index is 0. The summed E-state index contributed by atoms with van der Waals surface area (Å²) in [6.07, 6.45) is 0. The standard InChI is InChI=1S/5FH/h5*1H. The highest BCUT2D eigenvalue weighted by Crippen LogP contribution is 0.424. The Morgan fingerprint density at radius 3 is 0.200 bits per heavy atom. The fraction of sp³-hybridized carbons (Fsp3) is 0. The minimum absolute atomic E-state index is 0. The topological polar surface area (TPSA) is 0 Å². The summed E-state index contributed by atoms with van der Waals surface area (Å²) in [5, 5.41) is 0. The van der Waals surface area contributed by atoms with E-state index in [0.717, 1.165) is 0 Å². The highest BCUT2D eigenvalue weighted by atomic mass is 19.0. The Labute approximate surface area is 25.0 Å². The van der Waals surface area contributed by atoms with E-state index in [1.165, 1.54) is 0 Å². The molecule has 5 heteroatoms. The lowest BCUT2D eigenvalue weighted by Gasteiger charge is -0.270. The van der Waals surface area contributed by atoms with E-state index in [0.29, 0.717) is 0 Å². The molecule has 0 aliphatic carbocycles. The summed E-state index contributed by atoms with van der Waals surface area (Å²) in [6, 6.07) is 0. The van der Waals surface area contributed by atoms with E-state index in [1.54, 1.807) is 0 Å². The monoisotopic (exact) mass is 100 g/mol. The van der Waals surface area contributed by atoms with E-state index >= 15 is 0 Å². The second kappa shape index (κ2) is 209. The highest BCUT2D eigenvalue weighted by molar-refractivity contribution is 1.11. The van der Waals surface area contributed by atoms with Crippen molar-refractivity contribution in [3.63, 3.8) is 0 Å². The Kier molecular flexibility index (Phi) is 21200. The quantitative estimate of drug-likeness (QED) is 0.394. The van der Waals surface area contributed by atoms with Crippen LogP contribution in [-0.2, 0) is 0 Å². The third kappa shape index (κ3) is 81.1. The predicted molar refractivity (Wildman–Crippen MR) is 12.5 cm³/mol. The van der Waals surface area contributed by atoms with Crippen LogP contribution in [0.4, 0.5) is 23.5 Å². The fourth-order valence-corrected chi connectivity index (χ4v) is 0. The van der Waals surface area contributed by atoms with Gasteiger partial charge < -0.3 is 0 Å². The molecule has 0 atom stereocenters. The molecular formula is H5F5. The Balaban J connectivity index is 0. The zero-order valence-electron chi connectivity index (χ0n) is 2.04. The first-order valence-corrected chi connectivity index (χ1v) is 0. The van der Waals surface area contributed by atoms with Gasteiger partial charge >= 0.3 is 0 Å². The Morgan fingerprint density at radius 2 is 0.200 bits per heavy atom. The van der Waals surface area contributed by atoms with Crippen LogP contribution in [0.5, 0.6) is 0 Å². The molecule has 0 spiro atoms. The molecule has 0 heterocycles. The molecule has 5 heavy (non-hydrogen) atoms. The second-order valence-electron chi connectivity index (χ2n) is 0. The van der Waals surface area contributed by atoms with Crippen LogP contribution < -0.4 is 0 Å². The summed E-state index contributed by atoms with van der Waals surface area (Å²) < 4.78 is 0. The molecule has 0 bridgehead atoms. The van der Waals surface area contributed by atoms with Gasteiger partial charge in [0, 0.05) is 0 Å². The van der Waals surface area contributed by atoms with Gasteiger partial charge in [0.25, 0.3) is 0 Å². The van der Waals surface area contributed by atoms with E-state index in [2.05, 4.69) is 0 Å². The molecule has 0 fully saturated rings. The Hall–Kier alpha value is -0.350. The third-order valence-corrected chi connectivity index (χ3v) is 0. The van der Waals surface area contributed by atoms with Crippen molar-refractivity contribution in [2.75, 3.05) is 0 Å². The number of hydrogen-bond donors (Lipinski definition) is 0. The first kappa shape index (κ1) is 506. The number of hydrogen-bond acceptors (Lipinski definition) is 0. The average Bonchev–Trinajstić information content (AvgIpc) is 0. The van der Waals surface area contributed by atoms with Crippen LogP contribution in [0.15, 0.2) is 0 Å². The maximum absolute atomic E-state index is 0. The molecular weight excluding hydrogens is 95.0 g/mol. The van der Waals surface area contributed by atoms with Crippen molar-refractivity contribution in [2.45, 2.75) is 0 Å². The van der Waals surface area contributed by atoms with Gasteiger partial charge in [0.2, 0.25) is 0 Å². The summed E-state index contributed by atoms with van der Waals surface area (Å²) in [6.45, 7) is 0. The summed E-state index contributed by atoms with van der Waals surface area (Å²) >= 11 is 0. The van der Waals surface area contributed by atoms with Crippen LogP contribution in [0.2, 0.25) is 0 Å². The normalized spacial score (nSPS) is 0. The van der Waals surface area contributed by atoms with Gasteiger partial charge in [-0.3, -0.25) is 23.5 Å². The minimum Gasteiger partial charge on any atom is -0.269 e. The van der Waals surface area contributed by atoms with E-state index in [9.17, 15) is 0 Å². The van der Waals surface area contributed by atoms with Crippen molar-refractivity contribution in [3.8, 4) is 0 Å². The van der Waals surface area contributed by atoms with Crippen molar-refractivity contribution >= 4 is 0 Å². The predicted octanol–water partition coefficient (Wildman–Crippen LogP) is 0.762. The van der Waals surface area contributed by atoms with Gasteiger partial charge in [0.1, 0.15) is 0 Å². The summed E-state index contributed by atoms with van der Waals surface area (Å²) in [5.74, 6) is 0. The van der Waals surface area contributed by atoms with Crippen molar-refractivity contribution < 1.29 is 23.5 Å². The first-order valence-electron chi connectivity index (χ1n) is 0. The van der Waals surface area contributed by atoms with Gasteiger partial charge in [-0.15, -0.1) is 0 Å². The van der Waals surface area contributed by atoms with Gasteiger partial charge in [0.05, 0.1) is 0 Å². The highest BCUT2D eigenvalue weighted by Gasteiger charge is -0.265. The largest absolute Gasteiger partial charge is 0.269 e. The smallest absolute Gasteiger partial charge is 0.269 e. The van der Waals surface area contributed by atoms with Gasteiger partial charge in [-0.25, -0.2) is 0 Å². The zero-order valence-corrected chi connectivity index (χ0v) is 2.04. The maximum Gasteiger partial charge on any atom is -0.269 e. The van der Waals surface area contributed by atoms with E-state index in [-0.39, 0.29) is 23.5 Å². The molecule has 0 rings (SSSR count). The molecule has 0 aromatic heterocycles. The second-order valence-corrected chi connectivity index (χ2v) is 0. The number of rotatable bonds is 0. The van der Waals surface area contributed by atoms with Gasteiger partial charge in [-0.1, -0.05) is 0 Å². The summed E-state index contributed by atoms with van der Waals surface area (Å²) in [5.41, 5.74) is 0. The molecule has 0 radical (unpaired) electrons. The van der Waals surface area contributed by atoms with Crippen molar-refractivity contribution in [1.29, 1.82) is 0 Å². The van der Waals surface area contributed by atoms with Crippen molar-refractivity contribution in [3.05, 3.63) is 0 Å². The van der Waals surface area contributed by atoms with Gasteiger partial charge in [-0.2, -0.15) is 0 Å². The molecule has 0 amide bonds. The summed E-state index contributed by atoms with van der Waals surface area (Å²) in [7, 11) is 0. The molecule has 0 aliphatic rings. The van der Waals surface area contributed by atoms with Crippen LogP contribution in [0.3, 0.4) is 0 Å². The van der Waals surface area contributed by atoms with Gasteiger partial charge in [-0.05, 0) is 0 Å². The van der Waals surface area contributed by atoms with Crippen LogP contribution in [0, 0.1) is 0 Å². The molecule has 0 aliphatic heterocycles. The molecule has 0 saturated heterocycles. The molecule has 0 saturated carbocycles. The van der Waals surface area contributed by atoms with E-state index in [1.807, 2.05) is 0 Å². The summed E-state index contributed by atoms with van der Waals surface area (Å²) in [4.78, 5) is 0. The maximum atomic E-state index is 0. The lowest BCUT2D eigenvalue weighted by Crippen LogP contribution is 0.419. The van der Waals surface area contributed by atoms with Crippen LogP contribution >= 0.6 is 0 Å². The first-order chi connectivity index (χ1) is 0. The molecule has 0 N–H and O–H groups in total. The fourth-order valence-electron chi connectivity index (χ4n) is 0. The van der Waals surface area contributed by atoms with Crippen LogP contribution in [0.25, 0.3) is 0 Å². The van der Waals surface area contributed by atoms with E-state index < -0.39 is 0 Å².